The summed E-state index contributed by atoms with van der Waals surface area (Å²) in [6.45, 7) is 2.47. The van der Waals surface area contributed by atoms with Gasteiger partial charge in [0.1, 0.15) is 0 Å². The summed E-state index contributed by atoms with van der Waals surface area (Å²) >= 11 is 0. The molecular weight excluding hydrogens is 276 g/mol. The lowest BCUT2D eigenvalue weighted by molar-refractivity contribution is -0.0810. The van der Waals surface area contributed by atoms with Gasteiger partial charge >= 0.3 is 0 Å². The quantitative estimate of drug-likeness (QED) is 0.832. The van der Waals surface area contributed by atoms with Crippen molar-refractivity contribution in [2.24, 2.45) is 11.7 Å². The van der Waals surface area contributed by atoms with Gasteiger partial charge in [-0.1, -0.05) is 19.3 Å². The molecule has 1 unspecified atom stereocenters. The van der Waals surface area contributed by atoms with Crippen LogP contribution < -0.4 is 5.73 Å². The van der Waals surface area contributed by atoms with Crippen molar-refractivity contribution in [3.05, 3.63) is 0 Å². The van der Waals surface area contributed by atoms with Crippen molar-refractivity contribution in [3.63, 3.8) is 0 Å². The topological polar surface area (TPSA) is 72.6 Å². The average Bonchev–Trinajstić information content (AvgIpc) is 2.46. The van der Waals surface area contributed by atoms with Crippen LogP contribution in [0.3, 0.4) is 0 Å². The third-order valence-electron chi connectivity index (χ3n) is 4.71. The summed E-state index contributed by atoms with van der Waals surface area (Å²) in [5.41, 5.74) is 5.77. The summed E-state index contributed by atoms with van der Waals surface area (Å²) in [6.07, 6.45) is 9.02. The van der Waals surface area contributed by atoms with E-state index in [9.17, 15) is 8.42 Å². The number of hydrogen-bond acceptors (Lipinski definition) is 4. The molecule has 2 aliphatic rings. The van der Waals surface area contributed by atoms with Crippen molar-refractivity contribution in [1.82, 2.24) is 4.31 Å². The first-order valence-electron chi connectivity index (χ1n) is 7.74. The summed E-state index contributed by atoms with van der Waals surface area (Å²) in [6, 6.07) is 0. The van der Waals surface area contributed by atoms with E-state index in [1.807, 2.05) is 0 Å². The number of piperidine rings is 1. The molecule has 5 nitrogen and oxygen atoms in total. The van der Waals surface area contributed by atoms with Crippen molar-refractivity contribution in [3.8, 4) is 0 Å². The van der Waals surface area contributed by atoms with Crippen molar-refractivity contribution in [2.45, 2.75) is 50.5 Å². The largest absolute Gasteiger partial charge is 0.373 e. The zero-order chi connectivity index (χ0) is 14.6. The molecule has 0 amide bonds. The Hall–Kier alpha value is -0.170. The lowest BCUT2D eigenvalue weighted by Crippen LogP contribution is -2.46. The SMILES string of the molecule is CS(=O)(=O)N1CCCC(COC2(CN)CCCCC2)C1. The number of nitrogens with zero attached hydrogens (tertiary/aromatic N) is 1. The van der Waals surface area contributed by atoms with Gasteiger partial charge in [-0.2, -0.15) is 0 Å². The lowest BCUT2D eigenvalue weighted by Gasteiger charge is -2.39. The Morgan fingerprint density at radius 2 is 1.95 bits per heavy atom. The molecule has 2 rings (SSSR count). The van der Waals surface area contributed by atoms with Gasteiger partial charge in [0, 0.05) is 19.6 Å². The van der Waals surface area contributed by atoms with E-state index in [1.54, 1.807) is 4.31 Å². The van der Waals surface area contributed by atoms with E-state index in [2.05, 4.69) is 0 Å². The minimum atomic E-state index is -3.07. The van der Waals surface area contributed by atoms with Crippen LogP contribution in [-0.2, 0) is 14.8 Å². The van der Waals surface area contributed by atoms with Crippen molar-refractivity contribution < 1.29 is 13.2 Å². The van der Waals surface area contributed by atoms with Crippen LogP contribution in [0.4, 0.5) is 0 Å². The highest BCUT2D eigenvalue weighted by Gasteiger charge is 2.33. The van der Waals surface area contributed by atoms with E-state index in [4.69, 9.17) is 10.5 Å². The van der Waals surface area contributed by atoms with E-state index >= 15 is 0 Å². The zero-order valence-corrected chi connectivity index (χ0v) is 13.3. The molecule has 2 fully saturated rings. The molecule has 0 aromatic rings. The molecule has 1 atom stereocenters. The molecule has 0 radical (unpaired) electrons. The van der Waals surface area contributed by atoms with Crippen LogP contribution >= 0.6 is 0 Å². The Kier molecular flexibility index (Phi) is 5.45. The van der Waals surface area contributed by atoms with Crippen molar-refractivity contribution in [2.75, 3.05) is 32.5 Å². The maximum atomic E-state index is 11.6. The van der Waals surface area contributed by atoms with Crippen LogP contribution in [0.2, 0.25) is 0 Å². The predicted molar refractivity (Wildman–Crippen MR) is 80.0 cm³/mol. The molecule has 1 heterocycles. The van der Waals surface area contributed by atoms with Gasteiger partial charge in [-0.25, -0.2) is 12.7 Å². The van der Waals surface area contributed by atoms with Gasteiger partial charge in [0.05, 0.1) is 18.5 Å². The van der Waals surface area contributed by atoms with Crippen LogP contribution in [0.15, 0.2) is 0 Å². The lowest BCUT2D eigenvalue weighted by atomic mass is 9.84. The smallest absolute Gasteiger partial charge is 0.211 e. The van der Waals surface area contributed by atoms with Crippen LogP contribution in [-0.4, -0.2) is 50.8 Å². The van der Waals surface area contributed by atoms with E-state index in [-0.39, 0.29) is 5.60 Å². The van der Waals surface area contributed by atoms with Crippen molar-refractivity contribution in [1.29, 1.82) is 0 Å². The maximum Gasteiger partial charge on any atom is 0.211 e. The maximum absolute atomic E-state index is 11.6. The van der Waals surface area contributed by atoms with Gasteiger partial charge in [-0.15, -0.1) is 0 Å². The predicted octanol–water partition coefficient (Wildman–Crippen LogP) is 1.34. The van der Waals surface area contributed by atoms with E-state index in [1.165, 1.54) is 25.5 Å². The second-order valence-corrected chi connectivity index (χ2v) is 8.37. The molecule has 118 valence electrons. The Morgan fingerprint density at radius 1 is 1.25 bits per heavy atom. The third-order valence-corrected chi connectivity index (χ3v) is 5.98. The number of ether oxygens (including phenoxy) is 1. The highest BCUT2D eigenvalue weighted by Crippen LogP contribution is 2.32. The summed E-state index contributed by atoms with van der Waals surface area (Å²) in [7, 11) is -3.07. The fourth-order valence-corrected chi connectivity index (χ4v) is 4.30. The van der Waals surface area contributed by atoms with E-state index in [0.717, 1.165) is 25.7 Å². The molecule has 1 saturated heterocycles. The first-order chi connectivity index (χ1) is 9.45. The van der Waals surface area contributed by atoms with E-state index in [0.29, 0.717) is 32.2 Å². The summed E-state index contributed by atoms with van der Waals surface area (Å²) in [5.74, 6) is 0.309. The standard InChI is InChI=1S/C14H28N2O3S/c1-20(17,18)16-9-5-6-13(10-16)11-19-14(12-15)7-3-2-4-8-14/h13H,2-12,15H2,1H3. The van der Waals surface area contributed by atoms with Crippen LogP contribution in [0.25, 0.3) is 0 Å². The monoisotopic (exact) mass is 304 g/mol. The molecule has 0 bridgehead atoms. The average molecular weight is 304 g/mol. The second kappa shape index (κ2) is 6.73. The van der Waals surface area contributed by atoms with Gasteiger partial charge in [-0.3, -0.25) is 0 Å². The fraction of sp³-hybridized carbons (Fsp3) is 1.00. The highest BCUT2D eigenvalue weighted by atomic mass is 32.2. The Balaban J connectivity index is 1.86. The molecule has 2 N–H and O–H groups in total. The molecule has 0 aromatic heterocycles. The van der Waals surface area contributed by atoms with Gasteiger partial charge in [0.2, 0.25) is 10.0 Å². The first kappa shape index (κ1) is 16.2. The summed E-state index contributed by atoms with van der Waals surface area (Å²) in [5, 5.41) is 0. The number of sulfonamides is 1. The molecule has 6 heteroatoms. The molecule has 0 spiro atoms. The molecule has 0 aromatic carbocycles. The van der Waals surface area contributed by atoms with Gasteiger partial charge in [0.15, 0.2) is 0 Å². The van der Waals surface area contributed by atoms with Crippen LogP contribution in [0.5, 0.6) is 0 Å². The fourth-order valence-electron chi connectivity index (χ4n) is 3.36. The summed E-state index contributed by atoms with van der Waals surface area (Å²) < 4.78 is 31.0. The van der Waals surface area contributed by atoms with E-state index < -0.39 is 10.0 Å². The van der Waals surface area contributed by atoms with Crippen LogP contribution in [0.1, 0.15) is 44.9 Å². The Bertz CT molecular complexity index is 405. The zero-order valence-electron chi connectivity index (χ0n) is 12.5. The first-order valence-corrected chi connectivity index (χ1v) is 9.59. The number of rotatable bonds is 5. The summed E-state index contributed by atoms with van der Waals surface area (Å²) in [4.78, 5) is 0. The van der Waals surface area contributed by atoms with Crippen LogP contribution in [0, 0.1) is 5.92 Å². The molecule has 1 aliphatic heterocycles. The van der Waals surface area contributed by atoms with Crippen molar-refractivity contribution >= 4 is 10.0 Å². The molecular formula is C14H28N2O3S. The highest BCUT2D eigenvalue weighted by molar-refractivity contribution is 7.88. The minimum Gasteiger partial charge on any atom is -0.373 e. The number of nitrogens with two attached hydrogens (primary N) is 1. The Labute approximate surface area is 122 Å². The molecule has 1 saturated carbocycles. The molecule has 1 aliphatic carbocycles. The van der Waals surface area contributed by atoms with Gasteiger partial charge < -0.3 is 10.5 Å². The second-order valence-electron chi connectivity index (χ2n) is 6.39. The number of hydrogen-bond donors (Lipinski definition) is 1. The Morgan fingerprint density at radius 3 is 2.55 bits per heavy atom. The van der Waals surface area contributed by atoms with Gasteiger partial charge in [-0.05, 0) is 31.6 Å². The third kappa shape index (κ3) is 4.16. The normalized spacial score (nSPS) is 28.4. The molecule has 20 heavy (non-hydrogen) atoms. The minimum absolute atomic E-state index is 0.147. The van der Waals surface area contributed by atoms with Gasteiger partial charge in [0.25, 0.3) is 0 Å².